The molecule has 0 saturated carbocycles. The molecule has 0 aromatic heterocycles. The number of benzene rings is 4. The molecular weight excluding hydrogens is 482 g/mol. The van der Waals surface area contributed by atoms with Crippen LogP contribution in [0.1, 0.15) is 22.6 Å². The first-order valence-corrected chi connectivity index (χ1v) is 12.5. The van der Waals surface area contributed by atoms with Crippen molar-refractivity contribution in [3.05, 3.63) is 112 Å². The normalized spacial score (nSPS) is 22.4. The van der Waals surface area contributed by atoms with Gasteiger partial charge in [0.1, 0.15) is 6.61 Å². The van der Waals surface area contributed by atoms with Crippen molar-refractivity contribution in [3.8, 4) is 11.5 Å². The lowest BCUT2D eigenvalue weighted by molar-refractivity contribution is -0.534. The summed E-state index contributed by atoms with van der Waals surface area (Å²) in [5.74, 6) is 0.136. The number of anilines is 1. The van der Waals surface area contributed by atoms with Crippen LogP contribution in [0.4, 0.5) is 5.69 Å². The minimum absolute atomic E-state index is 0.312. The summed E-state index contributed by atoms with van der Waals surface area (Å²) in [5, 5.41) is 17.7. The Balaban J connectivity index is 1.33. The number of carbonyl (C=O) groups excluding carboxylic acids is 1. The summed E-state index contributed by atoms with van der Waals surface area (Å²) >= 11 is 0. The fourth-order valence-electron chi connectivity index (χ4n) is 6.19. The molecule has 6 rings (SSSR count). The second kappa shape index (κ2) is 9.15. The van der Waals surface area contributed by atoms with Gasteiger partial charge in [-0.1, -0.05) is 66.7 Å². The van der Waals surface area contributed by atoms with Gasteiger partial charge >= 0.3 is 0 Å². The number of carbonyl (C=O) groups is 1. The van der Waals surface area contributed by atoms with Crippen LogP contribution < -0.4 is 14.8 Å². The maximum atomic E-state index is 13.3. The molecule has 1 fully saturated rings. The Labute approximate surface area is 219 Å². The lowest BCUT2D eigenvalue weighted by Gasteiger charge is -2.30. The van der Waals surface area contributed by atoms with Gasteiger partial charge in [0.15, 0.2) is 17.0 Å². The van der Waals surface area contributed by atoms with E-state index >= 15 is 0 Å². The maximum Gasteiger partial charge on any atom is 0.256 e. The van der Waals surface area contributed by atoms with E-state index in [1.54, 1.807) is 38.4 Å². The third-order valence-corrected chi connectivity index (χ3v) is 7.92. The number of fused-ring (bicyclic) bond motifs is 3. The van der Waals surface area contributed by atoms with Crippen LogP contribution in [0, 0.1) is 10.1 Å². The number of nitrogens with zero attached hydrogens (tertiary/aromatic N) is 2. The van der Waals surface area contributed by atoms with Crippen molar-refractivity contribution in [2.45, 2.75) is 24.1 Å². The molecule has 0 radical (unpaired) electrons. The third kappa shape index (κ3) is 3.52. The summed E-state index contributed by atoms with van der Waals surface area (Å²) in [6.07, 6.45) is 0. The van der Waals surface area contributed by atoms with E-state index in [2.05, 4.69) is 23.5 Å². The smallest absolute Gasteiger partial charge is 0.256 e. The van der Waals surface area contributed by atoms with Crippen LogP contribution in [-0.4, -0.2) is 42.5 Å². The number of nitro groups is 1. The highest BCUT2D eigenvalue weighted by Gasteiger charge is 2.68. The van der Waals surface area contributed by atoms with Crippen molar-refractivity contribution >= 4 is 22.4 Å². The van der Waals surface area contributed by atoms with Crippen LogP contribution in [-0.2, 0) is 16.9 Å². The van der Waals surface area contributed by atoms with E-state index in [0.717, 1.165) is 21.9 Å². The SMILES string of the molecule is COc1cc([C@@H]2CN(C)[C@]3(C(=O)Nc4ccccc43)[C@H]2[N+](=O)[O-])ccc1OCc1cccc2ccccc12. The average Bonchev–Trinajstić information content (AvgIpc) is 3.41. The summed E-state index contributed by atoms with van der Waals surface area (Å²) in [7, 11) is 3.33. The van der Waals surface area contributed by atoms with Gasteiger partial charge in [0.2, 0.25) is 0 Å². The Hall–Kier alpha value is -4.43. The Bertz CT molecular complexity index is 1570. The zero-order valence-corrected chi connectivity index (χ0v) is 21.1. The topological polar surface area (TPSA) is 93.9 Å². The van der Waals surface area contributed by atoms with Crippen LogP contribution >= 0.6 is 0 Å². The van der Waals surface area contributed by atoms with Gasteiger partial charge in [0.25, 0.3) is 11.9 Å². The average molecular weight is 510 g/mol. The second-order valence-electron chi connectivity index (χ2n) is 9.82. The van der Waals surface area contributed by atoms with E-state index in [1.165, 1.54) is 0 Å². The molecule has 4 aromatic rings. The minimum Gasteiger partial charge on any atom is -0.493 e. The Morgan fingerprint density at radius 1 is 1.03 bits per heavy atom. The number of ether oxygens (including phenoxy) is 2. The Morgan fingerprint density at radius 2 is 1.79 bits per heavy atom. The summed E-state index contributed by atoms with van der Waals surface area (Å²) in [4.78, 5) is 27.4. The molecule has 192 valence electrons. The van der Waals surface area contributed by atoms with E-state index in [1.807, 2.05) is 47.4 Å². The number of likely N-dealkylation sites (N-methyl/N-ethyl adjacent to an activating group) is 1. The molecule has 1 amide bonds. The molecule has 38 heavy (non-hydrogen) atoms. The summed E-state index contributed by atoms with van der Waals surface area (Å²) in [6.45, 7) is 0.688. The molecule has 1 saturated heterocycles. The van der Waals surface area contributed by atoms with Crippen LogP contribution in [0.3, 0.4) is 0 Å². The molecule has 0 bridgehead atoms. The number of likely N-dealkylation sites (tertiary alicyclic amines) is 1. The predicted molar refractivity (Wildman–Crippen MR) is 144 cm³/mol. The number of rotatable bonds is 6. The summed E-state index contributed by atoms with van der Waals surface area (Å²) < 4.78 is 11.8. The van der Waals surface area contributed by atoms with Gasteiger partial charge < -0.3 is 14.8 Å². The molecule has 8 nitrogen and oxygen atoms in total. The fraction of sp³-hybridized carbons (Fsp3) is 0.233. The quantitative estimate of drug-likeness (QED) is 0.292. The van der Waals surface area contributed by atoms with Gasteiger partial charge in [0.05, 0.1) is 13.0 Å². The lowest BCUT2D eigenvalue weighted by Crippen LogP contribution is -2.54. The number of amides is 1. The zero-order valence-electron chi connectivity index (χ0n) is 21.1. The van der Waals surface area contributed by atoms with Crippen molar-refractivity contribution in [2.24, 2.45) is 0 Å². The molecular formula is C30H27N3O5. The highest BCUT2D eigenvalue weighted by Crippen LogP contribution is 2.52. The molecule has 1 N–H and O–H groups in total. The van der Waals surface area contributed by atoms with Crippen LogP contribution in [0.25, 0.3) is 10.8 Å². The summed E-state index contributed by atoms with van der Waals surface area (Å²) in [6, 6.07) is 25.7. The van der Waals surface area contributed by atoms with Crippen molar-refractivity contribution in [1.82, 2.24) is 4.90 Å². The van der Waals surface area contributed by atoms with Gasteiger partial charge in [-0.3, -0.25) is 19.8 Å². The van der Waals surface area contributed by atoms with E-state index in [-0.39, 0.29) is 10.8 Å². The highest BCUT2D eigenvalue weighted by atomic mass is 16.6. The van der Waals surface area contributed by atoms with Crippen molar-refractivity contribution in [1.29, 1.82) is 0 Å². The van der Waals surface area contributed by atoms with E-state index in [4.69, 9.17) is 9.47 Å². The number of methoxy groups -OCH3 is 1. The van der Waals surface area contributed by atoms with Gasteiger partial charge in [0, 0.05) is 22.7 Å². The van der Waals surface area contributed by atoms with Crippen molar-refractivity contribution < 1.29 is 19.2 Å². The Morgan fingerprint density at radius 3 is 2.61 bits per heavy atom. The molecule has 3 atom stereocenters. The minimum atomic E-state index is -1.39. The number of hydrogen-bond acceptors (Lipinski definition) is 6. The largest absolute Gasteiger partial charge is 0.493 e. The van der Waals surface area contributed by atoms with Crippen LogP contribution in [0.15, 0.2) is 84.9 Å². The molecule has 0 aliphatic carbocycles. The first kappa shape index (κ1) is 23.9. The van der Waals surface area contributed by atoms with Crippen molar-refractivity contribution in [2.75, 3.05) is 26.0 Å². The number of hydrogen-bond donors (Lipinski definition) is 1. The fourth-order valence-corrected chi connectivity index (χ4v) is 6.19. The first-order valence-electron chi connectivity index (χ1n) is 12.5. The van der Waals surface area contributed by atoms with Crippen molar-refractivity contribution in [3.63, 3.8) is 0 Å². The maximum absolute atomic E-state index is 13.3. The van der Waals surface area contributed by atoms with E-state index in [9.17, 15) is 14.9 Å². The first-order chi connectivity index (χ1) is 18.4. The molecule has 1 spiro atoms. The third-order valence-electron chi connectivity index (χ3n) is 7.92. The van der Waals surface area contributed by atoms with Gasteiger partial charge in [-0.25, -0.2) is 0 Å². The standard InChI is InChI=1S/C30H27N3O5/c1-32-17-23(28(33(35)36)30(32)24-12-5-6-13-25(24)31-29(30)34)20-14-15-26(27(16-20)37-2)38-18-21-10-7-9-19-8-3-4-11-22(19)21/h3-16,23,28H,17-18H2,1-2H3,(H,31,34)/t23-,28-,30-/m0/s1. The van der Waals surface area contributed by atoms with Crippen LogP contribution in [0.2, 0.25) is 0 Å². The molecule has 2 heterocycles. The second-order valence-corrected chi connectivity index (χ2v) is 9.82. The number of nitrogens with one attached hydrogen (secondary N) is 1. The zero-order chi connectivity index (χ0) is 26.4. The molecule has 0 unspecified atom stereocenters. The lowest BCUT2D eigenvalue weighted by atomic mass is 9.79. The monoisotopic (exact) mass is 509 g/mol. The van der Waals surface area contributed by atoms with Gasteiger partial charge in [-0.2, -0.15) is 0 Å². The molecule has 2 aliphatic rings. The van der Waals surface area contributed by atoms with E-state index in [0.29, 0.717) is 35.9 Å². The Kier molecular flexibility index (Phi) is 5.76. The molecule has 2 aliphatic heterocycles. The van der Waals surface area contributed by atoms with E-state index < -0.39 is 17.5 Å². The highest BCUT2D eigenvalue weighted by molar-refractivity contribution is 6.06. The number of para-hydroxylation sites is 1. The molecule has 4 aromatic carbocycles. The molecule has 8 heteroatoms. The van der Waals surface area contributed by atoms with Gasteiger partial charge in [-0.05, 0) is 47.1 Å². The van der Waals surface area contributed by atoms with Gasteiger partial charge in [-0.15, -0.1) is 0 Å². The summed E-state index contributed by atoms with van der Waals surface area (Å²) in [5.41, 5.74) is 1.64. The van der Waals surface area contributed by atoms with Crippen LogP contribution in [0.5, 0.6) is 11.5 Å². The predicted octanol–water partition coefficient (Wildman–Crippen LogP) is 4.95.